The highest BCUT2D eigenvalue weighted by Gasteiger charge is 2.01. The van der Waals surface area contributed by atoms with Gasteiger partial charge in [0.1, 0.15) is 11.4 Å². The van der Waals surface area contributed by atoms with Crippen molar-refractivity contribution in [3.05, 3.63) is 24.0 Å². The van der Waals surface area contributed by atoms with Crippen molar-refractivity contribution in [2.24, 2.45) is 0 Å². The molecule has 0 atom stereocenters. The van der Waals surface area contributed by atoms with E-state index in [1.165, 1.54) is 5.56 Å². The quantitative estimate of drug-likeness (QED) is 0.754. The molecule has 2 aromatic rings. The number of ether oxygens (including phenoxy) is 1. The highest BCUT2D eigenvalue weighted by Crippen LogP contribution is 2.19. The summed E-state index contributed by atoms with van der Waals surface area (Å²) in [5.74, 6) is 0.796. The van der Waals surface area contributed by atoms with E-state index in [4.69, 9.17) is 4.74 Å². The topological polar surface area (TPSA) is 37.9 Å². The summed E-state index contributed by atoms with van der Waals surface area (Å²) in [4.78, 5) is 7.26. The van der Waals surface area contributed by atoms with Gasteiger partial charge in [0.05, 0.1) is 13.3 Å². The van der Waals surface area contributed by atoms with E-state index in [0.29, 0.717) is 0 Å². The van der Waals surface area contributed by atoms with E-state index in [0.717, 1.165) is 16.8 Å². The molecule has 2 heterocycles. The normalized spacial score (nSPS) is 9.43. The summed E-state index contributed by atoms with van der Waals surface area (Å²) in [6.45, 7) is 6.04. The minimum Gasteiger partial charge on any atom is -0.495 e. The van der Waals surface area contributed by atoms with Gasteiger partial charge in [-0.15, -0.1) is 0 Å². The van der Waals surface area contributed by atoms with Crippen LogP contribution >= 0.6 is 0 Å². The summed E-state index contributed by atoms with van der Waals surface area (Å²) in [6.07, 6.45) is 3.65. The van der Waals surface area contributed by atoms with Crippen LogP contribution in [0.4, 0.5) is 0 Å². The molecule has 3 nitrogen and oxygen atoms in total. The van der Waals surface area contributed by atoms with Gasteiger partial charge < -0.3 is 9.72 Å². The van der Waals surface area contributed by atoms with Gasteiger partial charge in [-0.2, -0.15) is 0 Å². The molecule has 0 spiro atoms. The first-order chi connectivity index (χ1) is 6.81. The first-order valence-corrected chi connectivity index (χ1v) is 4.79. The molecule has 14 heavy (non-hydrogen) atoms. The van der Waals surface area contributed by atoms with Crippen LogP contribution in [-0.2, 0) is 0 Å². The number of fused-ring (bicyclic) bond motifs is 1. The third-order valence-corrected chi connectivity index (χ3v) is 1.95. The van der Waals surface area contributed by atoms with E-state index < -0.39 is 0 Å². The average Bonchev–Trinajstić information content (AvgIpc) is 2.63. The summed E-state index contributed by atoms with van der Waals surface area (Å²) in [6, 6.07) is 1.98. The van der Waals surface area contributed by atoms with Crippen LogP contribution in [0.15, 0.2) is 18.5 Å². The number of nitrogens with zero attached hydrogens (tertiary/aromatic N) is 1. The molecule has 0 saturated heterocycles. The molecule has 0 aliphatic carbocycles. The van der Waals surface area contributed by atoms with Crippen LogP contribution in [0.5, 0.6) is 5.75 Å². The number of pyridine rings is 1. The van der Waals surface area contributed by atoms with Crippen molar-refractivity contribution in [3.63, 3.8) is 0 Å². The molecule has 0 unspecified atom stereocenters. The number of H-pyrrole nitrogens is 1. The number of nitrogens with one attached hydrogen (secondary N) is 1. The van der Waals surface area contributed by atoms with Crippen molar-refractivity contribution >= 4 is 11.0 Å². The Morgan fingerprint density at radius 2 is 2.07 bits per heavy atom. The van der Waals surface area contributed by atoms with Crippen molar-refractivity contribution < 1.29 is 4.74 Å². The maximum atomic E-state index is 5.07. The van der Waals surface area contributed by atoms with Crippen molar-refractivity contribution in [3.8, 4) is 5.75 Å². The predicted molar refractivity (Wildman–Crippen MR) is 58.7 cm³/mol. The molecule has 0 bridgehead atoms. The molecule has 0 aliphatic rings. The van der Waals surface area contributed by atoms with Gasteiger partial charge in [-0.1, -0.05) is 13.8 Å². The second kappa shape index (κ2) is 4.65. The Bertz CT molecular complexity index is 407. The Labute approximate surface area is 84.1 Å². The van der Waals surface area contributed by atoms with E-state index in [2.05, 4.69) is 9.97 Å². The maximum absolute atomic E-state index is 5.07. The highest BCUT2D eigenvalue weighted by atomic mass is 16.5. The van der Waals surface area contributed by atoms with Crippen molar-refractivity contribution in [2.75, 3.05) is 7.11 Å². The highest BCUT2D eigenvalue weighted by molar-refractivity contribution is 5.80. The second-order valence-corrected chi connectivity index (χ2v) is 2.74. The van der Waals surface area contributed by atoms with Gasteiger partial charge in [-0.25, -0.2) is 4.98 Å². The summed E-state index contributed by atoms with van der Waals surface area (Å²) >= 11 is 0. The maximum Gasteiger partial charge on any atom is 0.137 e. The fourth-order valence-electron chi connectivity index (χ4n) is 1.23. The zero-order valence-electron chi connectivity index (χ0n) is 9.09. The minimum absolute atomic E-state index is 0.796. The SMILES string of the molecule is CC.COc1cnc2[nH]cc(C)c2c1. The summed E-state index contributed by atoms with van der Waals surface area (Å²) in [5.41, 5.74) is 2.10. The Balaban J connectivity index is 0.000000461. The second-order valence-electron chi connectivity index (χ2n) is 2.74. The molecular weight excluding hydrogens is 176 g/mol. The molecular formula is C11H16N2O. The van der Waals surface area contributed by atoms with Gasteiger partial charge in [-0.3, -0.25) is 0 Å². The van der Waals surface area contributed by atoms with E-state index in [1.54, 1.807) is 13.3 Å². The van der Waals surface area contributed by atoms with E-state index in [1.807, 2.05) is 33.0 Å². The predicted octanol–water partition coefficient (Wildman–Crippen LogP) is 2.91. The van der Waals surface area contributed by atoms with E-state index in [9.17, 15) is 0 Å². The molecule has 0 fully saturated rings. The fraction of sp³-hybridized carbons (Fsp3) is 0.364. The molecule has 3 heteroatoms. The summed E-state index contributed by atoms with van der Waals surface area (Å²) < 4.78 is 5.07. The molecule has 0 saturated carbocycles. The largest absolute Gasteiger partial charge is 0.495 e. The number of rotatable bonds is 1. The molecule has 0 aromatic carbocycles. The molecule has 1 N–H and O–H groups in total. The molecule has 0 aliphatic heterocycles. The van der Waals surface area contributed by atoms with Crippen LogP contribution in [-0.4, -0.2) is 17.1 Å². The zero-order chi connectivity index (χ0) is 10.6. The Hall–Kier alpha value is -1.51. The van der Waals surface area contributed by atoms with Crippen LogP contribution in [0.25, 0.3) is 11.0 Å². The number of aryl methyl sites for hydroxylation is 1. The standard InChI is InChI=1S/C9H10N2O.C2H6/c1-6-4-10-9-8(6)3-7(12-2)5-11-9;1-2/h3-5H,1-2H3,(H,10,11);1-2H3. The van der Waals surface area contributed by atoms with Crippen molar-refractivity contribution in [1.82, 2.24) is 9.97 Å². The van der Waals surface area contributed by atoms with E-state index in [-0.39, 0.29) is 0 Å². The third-order valence-electron chi connectivity index (χ3n) is 1.95. The van der Waals surface area contributed by atoms with Gasteiger partial charge in [-0.05, 0) is 18.6 Å². The molecule has 0 radical (unpaired) electrons. The number of methoxy groups -OCH3 is 1. The monoisotopic (exact) mass is 192 g/mol. The van der Waals surface area contributed by atoms with Crippen LogP contribution in [0, 0.1) is 6.92 Å². The van der Waals surface area contributed by atoms with Gasteiger partial charge in [0.25, 0.3) is 0 Å². The van der Waals surface area contributed by atoms with Gasteiger partial charge in [0.15, 0.2) is 0 Å². The van der Waals surface area contributed by atoms with Gasteiger partial charge in [0, 0.05) is 11.6 Å². The molecule has 2 aromatic heterocycles. The summed E-state index contributed by atoms with van der Waals surface area (Å²) in [5, 5.41) is 1.12. The smallest absolute Gasteiger partial charge is 0.137 e. The van der Waals surface area contributed by atoms with Crippen LogP contribution < -0.4 is 4.74 Å². The lowest BCUT2D eigenvalue weighted by molar-refractivity contribution is 0.413. The van der Waals surface area contributed by atoms with Crippen LogP contribution in [0.3, 0.4) is 0 Å². The van der Waals surface area contributed by atoms with Gasteiger partial charge in [0.2, 0.25) is 0 Å². The first-order valence-electron chi connectivity index (χ1n) is 4.79. The number of hydrogen-bond donors (Lipinski definition) is 1. The van der Waals surface area contributed by atoms with Crippen LogP contribution in [0.1, 0.15) is 19.4 Å². The lowest BCUT2D eigenvalue weighted by Gasteiger charge is -1.97. The Kier molecular flexibility index (Phi) is 3.51. The lowest BCUT2D eigenvalue weighted by Crippen LogP contribution is -1.84. The molecule has 76 valence electrons. The third kappa shape index (κ3) is 1.87. The number of aromatic nitrogens is 2. The van der Waals surface area contributed by atoms with Crippen molar-refractivity contribution in [1.29, 1.82) is 0 Å². The Morgan fingerprint density at radius 1 is 1.36 bits per heavy atom. The number of aromatic amines is 1. The number of hydrogen-bond acceptors (Lipinski definition) is 2. The molecule has 0 amide bonds. The van der Waals surface area contributed by atoms with Crippen molar-refractivity contribution in [2.45, 2.75) is 20.8 Å². The summed E-state index contributed by atoms with van der Waals surface area (Å²) in [7, 11) is 1.64. The fourth-order valence-corrected chi connectivity index (χ4v) is 1.23. The van der Waals surface area contributed by atoms with E-state index >= 15 is 0 Å². The Morgan fingerprint density at radius 3 is 2.71 bits per heavy atom. The first kappa shape index (κ1) is 10.6. The van der Waals surface area contributed by atoms with Crippen LogP contribution in [0.2, 0.25) is 0 Å². The zero-order valence-corrected chi connectivity index (χ0v) is 9.09. The average molecular weight is 192 g/mol. The minimum atomic E-state index is 0.796. The van der Waals surface area contributed by atoms with Gasteiger partial charge >= 0.3 is 0 Å². The lowest BCUT2D eigenvalue weighted by atomic mass is 10.2. The molecule has 2 rings (SSSR count).